The molecule has 0 saturated heterocycles. The van der Waals surface area contributed by atoms with Crippen molar-refractivity contribution in [1.82, 2.24) is 19.7 Å². The van der Waals surface area contributed by atoms with E-state index in [1.165, 1.54) is 0 Å². The molecule has 0 saturated carbocycles. The van der Waals surface area contributed by atoms with Crippen molar-refractivity contribution in [3.8, 4) is 11.5 Å². The molecular weight excluding hydrogens is 366 g/mol. The van der Waals surface area contributed by atoms with Gasteiger partial charge in [-0.3, -0.25) is 9.78 Å². The van der Waals surface area contributed by atoms with E-state index in [0.717, 1.165) is 17.1 Å². The minimum absolute atomic E-state index is 0.214. The Morgan fingerprint density at radius 1 is 1.07 bits per heavy atom. The van der Waals surface area contributed by atoms with Crippen LogP contribution in [-0.4, -0.2) is 19.7 Å². The van der Waals surface area contributed by atoms with Crippen LogP contribution < -0.4 is 15.6 Å². The Hall–Kier alpha value is -3.61. The summed E-state index contributed by atoms with van der Waals surface area (Å²) in [4.78, 5) is 19.7. The van der Waals surface area contributed by atoms with Crippen LogP contribution in [0.15, 0.2) is 65.6 Å². The maximum atomic E-state index is 12.4. The van der Waals surface area contributed by atoms with E-state index in [0.29, 0.717) is 23.5 Å². The second kappa shape index (κ2) is 7.43. The van der Waals surface area contributed by atoms with E-state index in [2.05, 4.69) is 20.4 Å². The Bertz CT molecular complexity index is 1190. The van der Waals surface area contributed by atoms with Gasteiger partial charge >= 0.3 is 0 Å². The van der Waals surface area contributed by atoms with Gasteiger partial charge in [0.15, 0.2) is 5.65 Å². The molecule has 0 atom stereocenters. The molecule has 7 heteroatoms. The number of hydrogen-bond donors (Lipinski definition) is 2. The van der Waals surface area contributed by atoms with Gasteiger partial charge in [0.05, 0.1) is 11.7 Å². The number of ether oxygens (including phenoxy) is 1. The highest BCUT2D eigenvalue weighted by molar-refractivity contribution is 5.74. The van der Waals surface area contributed by atoms with E-state index in [4.69, 9.17) is 4.74 Å². The van der Waals surface area contributed by atoms with Gasteiger partial charge in [-0.05, 0) is 50.6 Å². The molecule has 0 amide bonds. The Kier molecular flexibility index (Phi) is 4.80. The number of benzene rings is 2. The molecule has 4 rings (SSSR count). The largest absolute Gasteiger partial charge is 0.457 e. The molecule has 0 unspecified atom stereocenters. The van der Waals surface area contributed by atoms with Gasteiger partial charge in [-0.1, -0.05) is 30.3 Å². The average molecular weight is 389 g/mol. The van der Waals surface area contributed by atoms with Gasteiger partial charge in [0, 0.05) is 6.54 Å². The lowest BCUT2D eigenvalue weighted by atomic mass is 10.1. The molecule has 7 nitrogen and oxygen atoms in total. The van der Waals surface area contributed by atoms with Gasteiger partial charge in [-0.2, -0.15) is 10.1 Å². The van der Waals surface area contributed by atoms with Gasteiger partial charge in [0.25, 0.3) is 5.56 Å². The monoisotopic (exact) mass is 389 g/mol. The second-order valence-electron chi connectivity index (χ2n) is 7.80. The van der Waals surface area contributed by atoms with Crippen LogP contribution in [-0.2, 0) is 12.1 Å². The lowest BCUT2D eigenvalue weighted by molar-refractivity contribution is 0.366. The van der Waals surface area contributed by atoms with Crippen LogP contribution in [0.1, 0.15) is 26.3 Å². The van der Waals surface area contributed by atoms with E-state index in [1.54, 1.807) is 10.9 Å². The van der Waals surface area contributed by atoms with E-state index in [9.17, 15) is 4.79 Å². The number of aromatic amines is 1. The first-order chi connectivity index (χ1) is 13.9. The number of anilines is 1. The molecule has 0 radical (unpaired) electrons. The van der Waals surface area contributed by atoms with Crippen LogP contribution in [0, 0.1) is 0 Å². The molecule has 0 spiro atoms. The summed E-state index contributed by atoms with van der Waals surface area (Å²) in [6, 6.07) is 17.4. The van der Waals surface area contributed by atoms with Gasteiger partial charge in [0.2, 0.25) is 5.95 Å². The standard InChI is InChI=1S/C22H23N5O2/c1-22(2,3)27-19-18(14-24-27)20(28)26-21(25-19)23-13-15-8-7-11-17(12-15)29-16-9-5-4-6-10-16/h4-12,14H,13H2,1-3H3,(H2,23,25,26,28). The van der Waals surface area contributed by atoms with Crippen molar-refractivity contribution in [3.63, 3.8) is 0 Å². The molecule has 29 heavy (non-hydrogen) atoms. The number of rotatable bonds is 5. The molecule has 2 aromatic carbocycles. The van der Waals surface area contributed by atoms with Gasteiger partial charge in [-0.25, -0.2) is 4.68 Å². The number of nitrogens with one attached hydrogen (secondary N) is 2. The molecule has 2 aromatic heterocycles. The summed E-state index contributed by atoms with van der Waals surface area (Å²) in [6.07, 6.45) is 1.56. The van der Waals surface area contributed by atoms with Crippen molar-refractivity contribution in [1.29, 1.82) is 0 Å². The molecule has 0 bridgehead atoms. The molecule has 0 fully saturated rings. The van der Waals surface area contributed by atoms with Crippen molar-refractivity contribution in [2.45, 2.75) is 32.9 Å². The van der Waals surface area contributed by atoms with Crippen LogP contribution in [0.3, 0.4) is 0 Å². The van der Waals surface area contributed by atoms with Crippen molar-refractivity contribution >= 4 is 17.0 Å². The summed E-state index contributed by atoms with van der Waals surface area (Å²) in [5.41, 5.74) is 1.08. The molecule has 148 valence electrons. The Morgan fingerprint density at radius 3 is 2.59 bits per heavy atom. The van der Waals surface area contributed by atoms with Crippen LogP contribution >= 0.6 is 0 Å². The smallest absolute Gasteiger partial charge is 0.263 e. The number of nitrogens with zero attached hydrogens (tertiary/aromatic N) is 3. The highest BCUT2D eigenvalue weighted by Gasteiger charge is 2.19. The Balaban J connectivity index is 1.54. The van der Waals surface area contributed by atoms with Crippen molar-refractivity contribution in [3.05, 3.63) is 76.7 Å². The Labute approximate surface area is 168 Å². The zero-order valence-corrected chi connectivity index (χ0v) is 16.6. The number of H-pyrrole nitrogens is 1. The van der Waals surface area contributed by atoms with Crippen LogP contribution in [0.4, 0.5) is 5.95 Å². The maximum absolute atomic E-state index is 12.4. The average Bonchev–Trinajstić information content (AvgIpc) is 3.13. The predicted molar refractivity (Wildman–Crippen MR) is 113 cm³/mol. The number of fused-ring (bicyclic) bond motifs is 1. The molecule has 0 aliphatic heterocycles. The normalized spacial score (nSPS) is 11.6. The van der Waals surface area contributed by atoms with Crippen molar-refractivity contribution in [2.75, 3.05) is 5.32 Å². The zero-order valence-electron chi connectivity index (χ0n) is 16.6. The van der Waals surface area contributed by atoms with Crippen LogP contribution in [0.2, 0.25) is 0 Å². The summed E-state index contributed by atoms with van der Waals surface area (Å²) in [5.74, 6) is 1.94. The fourth-order valence-electron chi connectivity index (χ4n) is 3.02. The van der Waals surface area contributed by atoms with Crippen molar-refractivity contribution < 1.29 is 4.74 Å². The molecule has 0 aliphatic carbocycles. The highest BCUT2D eigenvalue weighted by atomic mass is 16.5. The summed E-state index contributed by atoms with van der Waals surface area (Å²) in [7, 11) is 0. The van der Waals surface area contributed by atoms with Crippen LogP contribution in [0.25, 0.3) is 11.0 Å². The van der Waals surface area contributed by atoms with E-state index < -0.39 is 0 Å². The second-order valence-corrected chi connectivity index (χ2v) is 7.80. The first-order valence-corrected chi connectivity index (χ1v) is 9.44. The van der Waals surface area contributed by atoms with E-state index in [-0.39, 0.29) is 11.1 Å². The van der Waals surface area contributed by atoms with Gasteiger partial charge in [-0.15, -0.1) is 0 Å². The zero-order chi connectivity index (χ0) is 20.4. The van der Waals surface area contributed by atoms with Crippen LogP contribution in [0.5, 0.6) is 11.5 Å². The van der Waals surface area contributed by atoms with E-state index >= 15 is 0 Å². The topological polar surface area (TPSA) is 84.8 Å². The lowest BCUT2D eigenvalue weighted by Crippen LogP contribution is -2.24. The third-order valence-electron chi connectivity index (χ3n) is 4.41. The van der Waals surface area contributed by atoms with Crippen molar-refractivity contribution in [2.24, 2.45) is 0 Å². The van der Waals surface area contributed by atoms with Gasteiger partial charge in [0.1, 0.15) is 16.9 Å². The summed E-state index contributed by atoms with van der Waals surface area (Å²) < 4.78 is 7.64. The molecule has 2 heterocycles. The fraction of sp³-hybridized carbons (Fsp3) is 0.227. The summed E-state index contributed by atoms with van der Waals surface area (Å²) in [5, 5.41) is 7.99. The first kappa shape index (κ1) is 18.7. The Morgan fingerprint density at radius 2 is 1.83 bits per heavy atom. The SMILES string of the molecule is CC(C)(C)n1ncc2c(=O)[nH]c(NCc3cccc(Oc4ccccc4)c3)nc21. The minimum Gasteiger partial charge on any atom is -0.457 e. The minimum atomic E-state index is -0.275. The summed E-state index contributed by atoms with van der Waals surface area (Å²) >= 11 is 0. The third-order valence-corrected chi connectivity index (χ3v) is 4.41. The number of hydrogen-bond acceptors (Lipinski definition) is 5. The molecule has 0 aliphatic rings. The van der Waals surface area contributed by atoms with E-state index in [1.807, 2.05) is 75.4 Å². The quantitative estimate of drug-likeness (QED) is 0.532. The first-order valence-electron chi connectivity index (χ1n) is 9.44. The third kappa shape index (κ3) is 4.13. The number of para-hydroxylation sites is 1. The maximum Gasteiger partial charge on any atom is 0.263 e. The number of aromatic nitrogens is 4. The summed E-state index contributed by atoms with van der Waals surface area (Å²) in [6.45, 7) is 6.55. The predicted octanol–water partition coefficient (Wildman–Crippen LogP) is 4.28. The molecule has 2 N–H and O–H groups in total. The molecule has 4 aromatic rings. The highest BCUT2D eigenvalue weighted by Crippen LogP contribution is 2.22. The fourth-order valence-corrected chi connectivity index (χ4v) is 3.02. The molecular formula is C22H23N5O2. The lowest BCUT2D eigenvalue weighted by Gasteiger charge is -2.19. The van der Waals surface area contributed by atoms with Gasteiger partial charge < -0.3 is 10.1 Å².